The summed E-state index contributed by atoms with van der Waals surface area (Å²) in [5.41, 5.74) is 3.97. The van der Waals surface area contributed by atoms with Gasteiger partial charge in [-0.1, -0.05) is 22.9 Å². The highest BCUT2D eigenvalue weighted by Gasteiger charge is 2.15. The van der Waals surface area contributed by atoms with Crippen LogP contribution in [0.2, 0.25) is 5.02 Å². The number of rotatable bonds is 3. The smallest absolute Gasteiger partial charge is 0.103 e. The maximum atomic E-state index is 6.14. The summed E-state index contributed by atoms with van der Waals surface area (Å²) in [6.45, 7) is 6.05. The quantitative estimate of drug-likeness (QED) is 0.927. The van der Waals surface area contributed by atoms with Gasteiger partial charge in [-0.05, 0) is 45.5 Å². The molecule has 1 unspecified atom stereocenters. The molecule has 1 aromatic carbocycles. The van der Waals surface area contributed by atoms with Crippen molar-refractivity contribution in [2.75, 3.05) is 7.05 Å². The fourth-order valence-electron chi connectivity index (χ4n) is 1.84. The average Bonchev–Trinajstić information content (AvgIpc) is 2.74. The SMILES string of the molecule is CNC(C)c1nnn(-c2ccc(C)c(Cl)c2)c1C. The first-order chi connectivity index (χ1) is 8.54. The molecule has 1 aromatic heterocycles. The monoisotopic (exact) mass is 264 g/mol. The maximum absolute atomic E-state index is 6.14. The topological polar surface area (TPSA) is 42.7 Å². The van der Waals surface area contributed by atoms with Crippen LogP contribution in [0.3, 0.4) is 0 Å². The highest BCUT2D eigenvalue weighted by molar-refractivity contribution is 6.31. The van der Waals surface area contributed by atoms with Gasteiger partial charge in [-0.25, -0.2) is 4.68 Å². The summed E-state index contributed by atoms with van der Waals surface area (Å²) in [7, 11) is 1.91. The molecule has 0 aliphatic heterocycles. The van der Waals surface area contributed by atoms with E-state index >= 15 is 0 Å². The van der Waals surface area contributed by atoms with Crippen LogP contribution >= 0.6 is 11.6 Å². The van der Waals surface area contributed by atoms with Crippen LogP contribution in [0.25, 0.3) is 5.69 Å². The predicted molar refractivity (Wildman–Crippen MR) is 73.3 cm³/mol. The summed E-state index contributed by atoms with van der Waals surface area (Å²) in [5.74, 6) is 0. The van der Waals surface area contributed by atoms with Gasteiger partial charge in [-0.2, -0.15) is 0 Å². The van der Waals surface area contributed by atoms with Gasteiger partial charge in [0.1, 0.15) is 5.69 Å². The van der Waals surface area contributed by atoms with E-state index in [2.05, 4.69) is 22.6 Å². The van der Waals surface area contributed by atoms with Crippen LogP contribution in [0.1, 0.15) is 29.9 Å². The number of hydrogen-bond donors (Lipinski definition) is 1. The number of aromatic nitrogens is 3. The molecule has 2 aromatic rings. The molecule has 18 heavy (non-hydrogen) atoms. The van der Waals surface area contributed by atoms with E-state index in [4.69, 9.17) is 11.6 Å². The van der Waals surface area contributed by atoms with Gasteiger partial charge in [-0.3, -0.25) is 0 Å². The van der Waals surface area contributed by atoms with Crippen molar-refractivity contribution in [1.82, 2.24) is 20.3 Å². The van der Waals surface area contributed by atoms with Crippen LogP contribution in [-0.2, 0) is 0 Å². The number of aryl methyl sites for hydroxylation is 1. The normalized spacial score (nSPS) is 12.7. The van der Waals surface area contributed by atoms with E-state index in [-0.39, 0.29) is 6.04 Å². The molecule has 0 spiro atoms. The summed E-state index contributed by atoms with van der Waals surface area (Å²) in [6.07, 6.45) is 0. The highest BCUT2D eigenvalue weighted by Crippen LogP contribution is 2.22. The number of nitrogens with one attached hydrogen (secondary N) is 1. The van der Waals surface area contributed by atoms with Gasteiger partial charge in [-0.15, -0.1) is 5.10 Å². The molecular weight excluding hydrogens is 248 g/mol. The third-order valence-electron chi connectivity index (χ3n) is 3.17. The highest BCUT2D eigenvalue weighted by atomic mass is 35.5. The van der Waals surface area contributed by atoms with Crippen molar-refractivity contribution in [2.45, 2.75) is 26.8 Å². The molecule has 1 N–H and O–H groups in total. The summed E-state index contributed by atoms with van der Waals surface area (Å²) in [4.78, 5) is 0. The molecule has 1 atom stereocenters. The Bertz CT molecular complexity index is 562. The Labute approximate surface area is 112 Å². The van der Waals surface area contributed by atoms with Gasteiger partial charge in [0.15, 0.2) is 0 Å². The Morgan fingerprint density at radius 2 is 2.06 bits per heavy atom. The Morgan fingerprint density at radius 3 is 2.67 bits per heavy atom. The van der Waals surface area contributed by atoms with Gasteiger partial charge in [0.05, 0.1) is 17.4 Å². The predicted octanol–water partition coefficient (Wildman–Crippen LogP) is 2.82. The summed E-state index contributed by atoms with van der Waals surface area (Å²) >= 11 is 6.14. The molecule has 0 radical (unpaired) electrons. The molecule has 1 heterocycles. The summed E-state index contributed by atoms with van der Waals surface area (Å²) in [5, 5.41) is 12.3. The number of benzene rings is 1. The molecule has 0 amide bonds. The van der Waals surface area contributed by atoms with E-state index in [1.165, 1.54) is 0 Å². The van der Waals surface area contributed by atoms with Crippen LogP contribution in [0.4, 0.5) is 0 Å². The largest absolute Gasteiger partial charge is 0.312 e. The van der Waals surface area contributed by atoms with E-state index in [1.54, 1.807) is 0 Å². The average molecular weight is 265 g/mol. The molecule has 0 saturated carbocycles. The maximum Gasteiger partial charge on any atom is 0.103 e. The van der Waals surface area contributed by atoms with E-state index in [0.29, 0.717) is 0 Å². The fraction of sp³-hybridized carbons (Fsp3) is 0.385. The third kappa shape index (κ3) is 2.26. The minimum Gasteiger partial charge on any atom is -0.312 e. The van der Waals surface area contributed by atoms with Crippen molar-refractivity contribution >= 4 is 11.6 Å². The molecule has 0 saturated heterocycles. The van der Waals surface area contributed by atoms with E-state index in [9.17, 15) is 0 Å². The first-order valence-electron chi connectivity index (χ1n) is 5.90. The molecule has 5 heteroatoms. The number of hydrogen-bond acceptors (Lipinski definition) is 3. The van der Waals surface area contributed by atoms with Crippen molar-refractivity contribution in [3.8, 4) is 5.69 Å². The second kappa shape index (κ2) is 5.08. The van der Waals surface area contributed by atoms with Crippen LogP contribution < -0.4 is 5.32 Å². The second-order valence-corrected chi connectivity index (χ2v) is 4.82. The van der Waals surface area contributed by atoms with Crippen molar-refractivity contribution in [3.05, 3.63) is 40.2 Å². The number of nitrogens with zero attached hydrogens (tertiary/aromatic N) is 3. The van der Waals surface area contributed by atoms with Crippen LogP contribution in [0.15, 0.2) is 18.2 Å². The van der Waals surface area contributed by atoms with Gasteiger partial charge in [0.2, 0.25) is 0 Å². The van der Waals surface area contributed by atoms with Crippen molar-refractivity contribution in [3.63, 3.8) is 0 Å². The molecular formula is C13H17ClN4. The number of halogens is 1. The summed E-state index contributed by atoms with van der Waals surface area (Å²) in [6, 6.07) is 6.07. The molecule has 0 bridgehead atoms. The zero-order chi connectivity index (χ0) is 13.3. The van der Waals surface area contributed by atoms with Crippen molar-refractivity contribution < 1.29 is 0 Å². The molecule has 0 fully saturated rings. The Balaban J connectivity index is 2.45. The van der Waals surface area contributed by atoms with Crippen LogP contribution in [0, 0.1) is 13.8 Å². The van der Waals surface area contributed by atoms with E-state index < -0.39 is 0 Å². The zero-order valence-electron chi connectivity index (χ0n) is 11.0. The van der Waals surface area contributed by atoms with E-state index in [1.807, 2.05) is 43.8 Å². The van der Waals surface area contributed by atoms with Crippen LogP contribution in [0.5, 0.6) is 0 Å². The lowest BCUT2D eigenvalue weighted by atomic mass is 10.2. The Hall–Kier alpha value is -1.39. The lowest BCUT2D eigenvalue weighted by molar-refractivity contribution is 0.627. The zero-order valence-corrected chi connectivity index (χ0v) is 11.8. The molecule has 96 valence electrons. The van der Waals surface area contributed by atoms with Crippen molar-refractivity contribution in [1.29, 1.82) is 0 Å². The Morgan fingerprint density at radius 1 is 1.33 bits per heavy atom. The molecule has 2 rings (SSSR count). The lowest BCUT2D eigenvalue weighted by Gasteiger charge is -2.09. The van der Waals surface area contributed by atoms with E-state index in [0.717, 1.165) is 27.7 Å². The standard InChI is InChI=1S/C13H17ClN4/c1-8-5-6-11(7-12(8)14)18-10(3)13(16-17-18)9(2)15-4/h5-7,9,15H,1-4H3. The minimum absolute atomic E-state index is 0.180. The Kier molecular flexibility index (Phi) is 3.68. The van der Waals surface area contributed by atoms with Gasteiger partial charge in [0, 0.05) is 5.02 Å². The molecule has 4 nitrogen and oxygen atoms in total. The minimum atomic E-state index is 0.180. The lowest BCUT2D eigenvalue weighted by Crippen LogP contribution is -2.14. The second-order valence-electron chi connectivity index (χ2n) is 4.42. The van der Waals surface area contributed by atoms with Gasteiger partial charge in [0.25, 0.3) is 0 Å². The first kappa shape index (κ1) is 13.1. The first-order valence-corrected chi connectivity index (χ1v) is 6.28. The van der Waals surface area contributed by atoms with Gasteiger partial charge >= 0.3 is 0 Å². The van der Waals surface area contributed by atoms with Crippen LogP contribution in [-0.4, -0.2) is 22.0 Å². The van der Waals surface area contributed by atoms with Gasteiger partial charge < -0.3 is 5.32 Å². The molecule has 0 aliphatic carbocycles. The molecule has 0 aliphatic rings. The summed E-state index contributed by atoms with van der Waals surface area (Å²) < 4.78 is 1.81. The van der Waals surface area contributed by atoms with Crippen molar-refractivity contribution in [2.24, 2.45) is 0 Å². The fourth-order valence-corrected chi connectivity index (χ4v) is 2.01. The third-order valence-corrected chi connectivity index (χ3v) is 3.58.